The maximum absolute atomic E-state index is 12.8. The van der Waals surface area contributed by atoms with E-state index in [0.717, 1.165) is 11.1 Å². The summed E-state index contributed by atoms with van der Waals surface area (Å²) in [6.07, 6.45) is 1.83. The van der Waals surface area contributed by atoms with Crippen molar-refractivity contribution in [2.24, 2.45) is 0 Å². The van der Waals surface area contributed by atoms with Gasteiger partial charge in [-0.05, 0) is 37.6 Å². The third kappa shape index (κ3) is 5.49. The summed E-state index contributed by atoms with van der Waals surface area (Å²) in [7, 11) is 3.02. The summed E-state index contributed by atoms with van der Waals surface area (Å²) < 4.78 is 22.0. The summed E-state index contributed by atoms with van der Waals surface area (Å²) >= 11 is 0. The first kappa shape index (κ1) is 22.3. The van der Waals surface area contributed by atoms with Crippen molar-refractivity contribution in [3.05, 3.63) is 65.2 Å². The number of Topliss-reactive ketones (excluding diaryl/α,β-unsaturated/α-hetero) is 1. The zero-order valence-electron chi connectivity index (χ0n) is 17.0. The van der Waals surface area contributed by atoms with E-state index in [2.05, 4.69) is 6.58 Å². The highest BCUT2D eigenvalue weighted by Crippen LogP contribution is 2.37. The minimum Gasteiger partial charge on any atom is -0.493 e. The van der Waals surface area contributed by atoms with Gasteiger partial charge in [0.2, 0.25) is 11.5 Å². The van der Waals surface area contributed by atoms with Crippen LogP contribution in [0.25, 0.3) is 5.76 Å². The van der Waals surface area contributed by atoms with Gasteiger partial charge < -0.3 is 29.2 Å². The molecule has 0 aliphatic carbocycles. The zero-order chi connectivity index (χ0) is 21.6. The summed E-state index contributed by atoms with van der Waals surface area (Å²) in [6.45, 7) is 6.99. The molecule has 0 unspecified atom stereocenters. The van der Waals surface area contributed by atoms with E-state index in [0.29, 0.717) is 22.8 Å². The van der Waals surface area contributed by atoms with Crippen LogP contribution in [0.15, 0.2) is 59.6 Å². The van der Waals surface area contributed by atoms with Crippen molar-refractivity contribution >= 4 is 11.5 Å². The Morgan fingerprint density at radius 1 is 1.24 bits per heavy atom. The van der Waals surface area contributed by atoms with Crippen LogP contribution in [-0.2, 0) is 14.3 Å². The maximum atomic E-state index is 12.8. The molecular weight excluding hydrogens is 376 g/mol. The van der Waals surface area contributed by atoms with Gasteiger partial charge in [-0.2, -0.15) is 0 Å². The van der Waals surface area contributed by atoms with E-state index in [9.17, 15) is 4.79 Å². The number of methoxy groups -OCH3 is 2. The van der Waals surface area contributed by atoms with Gasteiger partial charge in [0.25, 0.3) is 0 Å². The summed E-state index contributed by atoms with van der Waals surface area (Å²) in [5, 5.41) is 18.3. The molecule has 0 bridgehead atoms. The van der Waals surface area contributed by atoms with E-state index in [1.807, 2.05) is 19.9 Å². The van der Waals surface area contributed by atoms with Crippen LogP contribution < -0.4 is 9.47 Å². The van der Waals surface area contributed by atoms with E-state index < -0.39 is 12.9 Å². The Kier molecular flexibility index (Phi) is 7.64. The van der Waals surface area contributed by atoms with Gasteiger partial charge in [0, 0.05) is 5.56 Å². The predicted octanol–water partition coefficient (Wildman–Crippen LogP) is 3.10. The number of carbonyl (C=O) groups excluding carboxylic acids is 1. The average molecular weight is 402 g/mol. The van der Waals surface area contributed by atoms with Crippen molar-refractivity contribution in [1.82, 2.24) is 0 Å². The SMILES string of the molecule is C=C/C(C)=C\C(C)=C1/CC(=O)C(OCC(O)O)=C(c2ccc(OC)c(OC)c2)O1. The van der Waals surface area contributed by atoms with Crippen molar-refractivity contribution in [2.45, 2.75) is 26.6 Å². The largest absolute Gasteiger partial charge is 0.493 e. The summed E-state index contributed by atoms with van der Waals surface area (Å²) in [6, 6.07) is 5.04. The van der Waals surface area contributed by atoms with Crippen LogP contribution in [0.4, 0.5) is 0 Å². The lowest BCUT2D eigenvalue weighted by atomic mass is 10.0. The fraction of sp³-hybridized carbons (Fsp3) is 0.318. The van der Waals surface area contributed by atoms with Gasteiger partial charge in [0.05, 0.1) is 20.6 Å². The predicted molar refractivity (Wildman–Crippen MR) is 108 cm³/mol. The molecule has 0 atom stereocenters. The van der Waals surface area contributed by atoms with Crippen LogP contribution in [0.5, 0.6) is 11.5 Å². The van der Waals surface area contributed by atoms with Crippen LogP contribution in [0.2, 0.25) is 0 Å². The van der Waals surface area contributed by atoms with E-state index in [4.69, 9.17) is 29.2 Å². The number of ketones is 1. The lowest BCUT2D eigenvalue weighted by molar-refractivity contribution is -0.123. The van der Waals surface area contributed by atoms with Crippen LogP contribution in [0.3, 0.4) is 0 Å². The molecule has 0 saturated carbocycles. The second-order valence-corrected chi connectivity index (χ2v) is 6.42. The number of aliphatic hydroxyl groups excluding tert-OH is 1. The molecule has 0 aromatic heterocycles. The molecule has 156 valence electrons. The molecule has 1 aliphatic rings. The number of ether oxygens (including phenoxy) is 4. The molecule has 0 fully saturated rings. The van der Waals surface area contributed by atoms with Gasteiger partial charge in [0.15, 0.2) is 23.5 Å². The van der Waals surface area contributed by atoms with Gasteiger partial charge in [-0.1, -0.05) is 24.3 Å². The monoisotopic (exact) mass is 402 g/mol. The van der Waals surface area contributed by atoms with Crippen LogP contribution in [0, 0.1) is 0 Å². The number of hydrogen-bond donors (Lipinski definition) is 2. The zero-order valence-corrected chi connectivity index (χ0v) is 17.0. The third-order valence-corrected chi connectivity index (χ3v) is 4.23. The highest BCUT2D eigenvalue weighted by molar-refractivity contribution is 6.02. The molecule has 29 heavy (non-hydrogen) atoms. The minimum absolute atomic E-state index is 0.0135. The Hall–Kier alpha value is -3.03. The Labute approximate surface area is 170 Å². The van der Waals surface area contributed by atoms with E-state index in [1.54, 1.807) is 24.3 Å². The molecule has 7 nitrogen and oxygen atoms in total. The molecule has 1 aromatic rings. The van der Waals surface area contributed by atoms with Crippen molar-refractivity contribution in [2.75, 3.05) is 20.8 Å². The van der Waals surface area contributed by atoms with Gasteiger partial charge >= 0.3 is 0 Å². The van der Waals surface area contributed by atoms with Crippen LogP contribution >= 0.6 is 0 Å². The lowest BCUT2D eigenvalue weighted by Gasteiger charge is -2.24. The molecule has 7 heteroatoms. The first-order valence-corrected chi connectivity index (χ1v) is 8.97. The number of allylic oxidation sites excluding steroid dienone is 6. The lowest BCUT2D eigenvalue weighted by Crippen LogP contribution is -2.22. The second-order valence-electron chi connectivity index (χ2n) is 6.42. The van der Waals surface area contributed by atoms with Crippen molar-refractivity contribution in [3.63, 3.8) is 0 Å². The van der Waals surface area contributed by atoms with Crippen LogP contribution in [0.1, 0.15) is 25.8 Å². The Bertz CT molecular complexity index is 875. The molecule has 0 radical (unpaired) electrons. The molecule has 0 saturated heterocycles. The first-order chi connectivity index (χ1) is 13.8. The van der Waals surface area contributed by atoms with Crippen molar-refractivity contribution in [1.29, 1.82) is 0 Å². The number of hydrogen-bond acceptors (Lipinski definition) is 7. The molecule has 1 heterocycles. The minimum atomic E-state index is -1.72. The Morgan fingerprint density at radius 3 is 2.52 bits per heavy atom. The number of aliphatic hydroxyl groups is 2. The summed E-state index contributed by atoms with van der Waals surface area (Å²) in [4.78, 5) is 12.8. The molecular formula is C22H26O7. The molecule has 2 rings (SSSR count). The van der Waals surface area contributed by atoms with E-state index in [-0.39, 0.29) is 23.7 Å². The van der Waals surface area contributed by atoms with E-state index in [1.165, 1.54) is 14.2 Å². The summed E-state index contributed by atoms with van der Waals surface area (Å²) in [5.41, 5.74) is 2.22. The fourth-order valence-corrected chi connectivity index (χ4v) is 2.73. The summed E-state index contributed by atoms with van der Waals surface area (Å²) in [5.74, 6) is 1.20. The second kappa shape index (κ2) is 9.95. The van der Waals surface area contributed by atoms with Crippen molar-refractivity contribution in [3.8, 4) is 11.5 Å². The van der Waals surface area contributed by atoms with Crippen LogP contribution in [-0.4, -0.2) is 43.1 Å². The third-order valence-electron chi connectivity index (χ3n) is 4.23. The standard InChI is InChI=1S/C22H26O7/c1-6-13(2)9-14(3)18-11-16(23)22(28-12-20(24)25)21(29-18)15-7-8-17(26-4)19(10-15)27-5/h6-10,20,24-25H,1,11-12H2,2-5H3/b13-9-,18-14+. The fourth-order valence-electron chi connectivity index (χ4n) is 2.73. The molecule has 2 N–H and O–H groups in total. The molecule has 1 aromatic carbocycles. The quantitative estimate of drug-likeness (QED) is 0.510. The van der Waals surface area contributed by atoms with Gasteiger partial charge in [0.1, 0.15) is 12.4 Å². The number of rotatable bonds is 8. The first-order valence-electron chi connectivity index (χ1n) is 8.97. The average Bonchev–Trinajstić information content (AvgIpc) is 2.71. The number of carbonyl (C=O) groups is 1. The molecule has 0 spiro atoms. The molecule has 1 aliphatic heterocycles. The normalized spacial score (nSPS) is 16.5. The van der Waals surface area contributed by atoms with Gasteiger partial charge in [-0.3, -0.25) is 4.79 Å². The molecule has 0 amide bonds. The Balaban J connectivity index is 2.58. The Morgan fingerprint density at radius 2 is 1.93 bits per heavy atom. The van der Waals surface area contributed by atoms with Crippen molar-refractivity contribution < 1.29 is 34.0 Å². The highest BCUT2D eigenvalue weighted by Gasteiger charge is 2.30. The van der Waals surface area contributed by atoms with Gasteiger partial charge in [-0.25, -0.2) is 0 Å². The smallest absolute Gasteiger partial charge is 0.208 e. The number of benzene rings is 1. The van der Waals surface area contributed by atoms with E-state index >= 15 is 0 Å². The maximum Gasteiger partial charge on any atom is 0.208 e. The topological polar surface area (TPSA) is 94.5 Å². The van der Waals surface area contributed by atoms with Gasteiger partial charge in [-0.15, -0.1) is 0 Å². The highest BCUT2D eigenvalue weighted by atomic mass is 16.6.